The summed E-state index contributed by atoms with van der Waals surface area (Å²) in [7, 11) is 0. The molecule has 1 aromatic carbocycles. The number of rotatable bonds is 3. The Morgan fingerprint density at radius 3 is 2.70 bits per heavy atom. The molecule has 0 atom stereocenters. The highest BCUT2D eigenvalue weighted by molar-refractivity contribution is 6.28. The number of ether oxygens (including phenoxy) is 1. The van der Waals surface area contributed by atoms with Gasteiger partial charge in [-0.15, -0.1) is 0 Å². The van der Waals surface area contributed by atoms with Gasteiger partial charge >= 0.3 is 11.6 Å². The van der Waals surface area contributed by atoms with Gasteiger partial charge < -0.3 is 4.74 Å². The number of nitro groups is 1. The third kappa shape index (κ3) is 2.64. The van der Waals surface area contributed by atoms with Gasteiger partial charge in [0.15, 0.2) is 11.6 Å². The van der Waals surface area contributed by atoms with Crippen molar-refractivity contribution in [2.24, 2.45) is 0 Å². The van der Waals surface area contributed by atoms with Crippen LogP contribution >= 0.6 is 11.6 Å². The molecule has 1 aromatic heterocycles. The van der Waals surface area contributed by atoms with E-state index >= 15 is 0 Å². The lowest BCUT2D eigenvalue weighted by atomic mass is 10.3. The summed E-state index contributed by atoms with van der Waals surface area (Å²) in [4.78, 5) is 17.3. The molecule has 104 valence electrons. The normalized spacial score (nSPS) is 10.4. The van der Waals surface area contributed by atoms with Crippen molar-refractivity contribution in [2.75, 3.05) is 0 Å². The van der Waals surface area contributed by atoms with Crippen molar-refractivity contribution in [2.45, 2.75) is 6.92 Å². The summed E-state index contributed by atoms with van der Waals surface area (Å²) in [6, 6.07) is 3.18. The summed E-state index contributed by atoms with van der Waals surface area (Å²) in [5.74, 6) is -3.53. The van der Waals surface area contributed by atoms with Crippen LogP contribution in [0.3, 0.4) is 0 Å². The molecule has 0 amide bonds. The molecule has 0 spiro atoms. The molecule has 2 rings (SSSR count). The fourth-order valence-electron chi connectivity index (χ4n) is 1.46. The van der Waals surface area contributed by atoms with E-state index in [4.69, 9.17) is 16.3 Å². The highest BCUT2D eigenvalue weighted by atomic mass is 35.5. The number of aromatic nitrogens is 2. The van der Waals surface area contributed by atoms with Crippen LogP contribution in [0.15, 0.2) is 18.2 Å². The standard InChI is InChI=1S/C11H6ClF2N3O3/c1-5-9(17(18)19)10(16-11(12)15-5)20-7-4-2-3-6(13)8(7)14/h2-4H,1H3. The Hall–Kier alpha value is -2.35. The van der Waals surface area contributed by atoms with Crippen LogP contribution in [0.4, 0.5) is 14.5 Å². The average Bonchev–Trinajstić information content (AvgIpc) is 2.33. The summed E-state index contributed by atoms with van der Waals surface area (Å²) in [6.45, 7) is 1.32. The van der Waals surface area contributed by atoms with E-state index in [-0.39, 0.29) is 11.0 Å². The molecule has 0 aliphatic rings. The van der Waals surface area contributed by atoms with Crippen molar-refractivity contribution in [3.8, 4) is 11.6 Å². The molecule has 0 aliphatic carbocycles. The van der Waals surface area contributed by atoms with Gasteiger partial charge in [-0.05, 0) is 30.7 Å². The van der Waals surface area contributed by atoms with Crippen LogP contribution in [-0.4, -0.2) is 14.9 Å². The summed E-state index contributed by atoms with van der Waals surface area (Å²) in [6.07, 6.45) is 0. The first kappa shape index (κ1) is 14.1. The molecule has 6 nitrogen and oxygen atoms in total. The summed E-state index contributed by atoms with van der Waals surface area (Å²) < 4.78 is 31.5. The summed E-state index contributed by atoms with van der Waals surface area (Å²) >= 11 is 5.57. The largest absolute Gasteiger partial charge is 0.430 e. The maximum Gasteiger partial charge on any atom is 0.352 e. The van der Waals surface area contributed by atoms with Gasteiger partial charge in [0, 0.05) is 0 Å². The predicted molar refractivity (Wildman–Crippen MR) is 64.9 cm³/mol. The van der Waals surface area contributed by atoms with E-state index in [1.54, 1.807) is 0 Å². The molecule has 0 aliphatic heterocycles. The lowest BCUT2D eigenvalue weighted by Crippen LogP contribution is -2.02. The molecule has 0 fully saturated rings. The zero-order valence-corrected chi connectivity index (χ0v) is 10.7. The Morgan fingerprint density at radius 1 is 1.35 bits per heavy atom. The van der Waals surface area contributed by atoms with Crippen LogP contribution < -0.4 is 4.74 Å². The van der Waals surface area contributed by atoms with Crippen molar-refractivity contribution < 1.29 is 18.4 Å². The minimum Gasteiger partial charge on any atom is -0.430 e. The van der Waals surface area contributed by atoms with Gasteiger partial charge in [-0.1, -0.05) is 6.07 Å². The molecule has 0 N–H and O–H groups in total. The summed E-state index contributed by atoms with van der Waals surface area (Å²) in [5, 5.41) is 10.6. The van der Waals surface area contributed by atoms with Gasteiger partial charge in [0.1, 0.15) is 5.69 Å². The van der Waals surface area contributed by atoms with Crippen LogP contribution in [0.2, 0.25) is 5.28 Å². The quantitative estimate of drug-likeness (QED) is 0.493. The van der Waals surface area contributed by atoms with E-state index in [1.165, 1.54) is 13.0 Å². The fraction of sp³-hybridized carbons (Fsp3) is 0.0909. The van der Waals surface area contributed by atoms with Gasteiger partial charge in [0.2, 0.25) is 11.1 Å². The molecule has 1 heterocycles. The van der Waals surface area contributed by atoms with Gasteiger partial charge in [0.25, 0.3) is 0 Å². The van der Waals surface area contributed by atoms with Crippen molar-refractivity contribution in [1.82, 2.24) is 9.97 Å². The fourth-order valence-corrected chi connectivity index (χ4v) is 1.66. The molecule has 0 saturated carbocycles. The highest BCUT2D eigenvalue weighted by Gasteiger charge is 2.25. The Kier molecular flexibility index (Phi) is 3.75. The average molecular weight is 302 g/mol. The van der Waals surface area contributed by atoms with Crippen LogP contribution in [0.1, 0.15) is 5.69 Å². The van der Waals surface area contributed by atoms with Gasteiger partial charge in [-0.3, -0.25) is 10.1 Å². The monoisotopic (exact) mass is 301 g/mol. The zero-order valence-electron chi connectivity index (χ0n) is 9.93. The van der Waals surface area contributed by atoms with Gasteiger partial charge in [0.05, 0.1) is 4.92 Å². The van der Waals surface area contributed by atoms with E-state index in [9.17, 15) is 18.9 Å². The van der Waals surface area contributed by atoms with Gasteiger partial charge in [-0.2, -0.15) is 9.37 Å². The number of aryl methyl sites for hydroxylation is 1. The second-order valence-corrected chi connectivity index (χ2v) is 3.98. The second-order valence-electron chi connectivity index (χ2n) is 3.64. The van der Waals surface area contributed by atoms with Crippen LogP contribution in [0, 0.1) is 28.7 Å². The minimum atomic E-state index is -1.28. The Morgan fingerprint density at radius 2 is 2.05 bits per heavy atom. The minimum absolute atomic E-state index is 0.0539. The number of hydrogen-bond acceptors (Lipinski definition) is 5. The van der Waals surface area contributed by atoms with E-state index in [2.05, 4.69) is 9.97 Å². The molecule has 2 aromatic rings. The molecule has 0 saturated heterocycles. The van der Waals surface area contributed by atoms with Crippen molar-refractivity contribution in [3.63, 3.8) is 0 Å². The zero-order chi connectivity index (χ0) is 14.9. The van der Waals surface area contributed by atoms with Crippen molar-refractivity contribution in [1.29, 1.82) is 0 Å². The predicted octanol–water partition coefficient (Wildman–Crippen LogP) is 3.42. The first-order valence-corrected chi connectivity index (χ1v) is 5.58. The van der Waals surface area contributed by atoms with Crippen molar-refractivity contribution in [3.05, 3.63) is 50.9 Å². The lowest BCUT2D eigenvalue weighted by Gasteiger charge is -2.07. The van der Waals surface area contributed by atoms with Crippen LogP contribution in [0.25, 0.3) is 0 Å². The maximum absolute atomic E-state index is 13.5. The third-order valence-corrected chi connectivity index (χ3v) is 2.47. The first-order valence-electron chi connectivity index (χ1n) is 5.20. The number of benzene rings is 1. The maximum atomic E-state index is 13.5. The summed E-state index contributed by atoms with van der Waals surface area (Å²) in [5.41, 5.74) is -0.625. The lowest BCUT2D eigenvalue weighted by molar-refractivity contribution is -0.386. The van der Waals surface area contributed by atoms with Crippen LogP contribution in [-0.2, 0) is 0 Å². The Bertz CT molecular complexity index is 697. The van der Waals surface area contributed by atoms with E-state index in [1.807, 2.05) is 0 Å². The Balaban J connectivity index is 2.53. The number of hydrogen-bond donors (Lipinski definition) is 0. The molecular weight excluding hydrogens is 296 g/mol. The van der Waals surface area contributed by atoms with E-state index < -0.39 is 33.9 Å². The van der Waals surface area contributed by atoms with E-state index in [0.717, 1.165) is 12.1 Å². The number of nitrogens with zero attached hydrogens (tertiary/aromatic N) is 3. The molecule has 0 bridgehead atoms. The van der Waals surface area contributed by atoms with Crippen LogP contribution in [0.5, 0.6) is 11.6 Å². The molecule has 0 radical (unpaired) electrons. The number of halogens is 3. The SMILES string of the molecule is Cc1nc(Cl)nc(Oc2cccc(F)c2F)c1[N+](=O)[O-]. The van der Waals surface area contributed by atoms with E-state index in [0.29, 0.717) is 0 Å². The first-order chi connectivity index (χ1) is 9.40. The van der Waals surface area contributed by atoms with Gasteiger partial charge in [-0.25, -0.2) is 9.37 Å². The molecule has 20 heavy (non-hydrogen) atoms. The highest BCUT2D eigenvalue weighted by Crippen LogP contribution is 2.33. The third-order valence-electron chi connectivity index (χ3n) is 2.30. The molecule has 0 unspecified atom stereocenters. The molecule has 9 heteroatoms. The second kappa shape index (κ2) is 5.33. The Labute approximate surface area is 116 Å². The smallest absolute Gasteiger partial charge is 0.352 e. The topological polar surface area (TPSA) is 78.2 Å². The molecular formula is C11H6ClF2N3O3. The van der Waals surface area contributed by atoms with Crippen molar-refractivity contribution >= 4 is 17.3 Å².